The smallest absolute Gasteiger partial charge is 0.333 e. The average Bonchev–Trinajstić information content (AvgIpc) is 3.04. The molecule has 8 nitrogen and oxygen atoms in total. The van der Waals surface area contributed by atoms with E-state index in [1.165, 1.54) is 18.4 Å². The molecule has 0 spiro atoms. The number of carbonyl (C=O) groups is 1. The maximum atomic E-state index is 13.3. The van der Waals surface area contributed by atoms with Gasteiger partial charge in [0.15, 0.2) is 0 Å². The Morgan fingerprint density at radius 2 is 1.97 bits per heavy atom. The molecule has 0 aliphatic rings. The van der Waals surface area contributed by atoms with Crippen molar-refractivity contribution in [3.8, 4) is 11.8 Å². The zero-order valence-corrected chi connectivity index (χ0v) is 17.9. The molecule has 0 saturated carbocycles. The Kier molecular flexibility index (Phi) is 5.55. The van der Waals surface area contributed by atoms with Gasteiger partial charge in [0, 0.05) is 6.54 Å². The Balaban J connectivity index is 2.30. The highest BCUT2D eigenvalue weighted by molar-refractivity contribution is 7.19. The van der Waals surface area contributed by atoms with Gasteiger partial charge in [-0.1, -0.05) is 18.2 Å². The van der Waals surface area contributed by atoms with Crippen LogP contribution in [-0.4, -0.2) is 27.3 Å². The summed E-state index contributed by atoms with van der Waals surface area (Å²) in [5, 5.41) is 19.2. The van der Waals surface area contributed by atoms with E-state index in [2.05, 4.69) is 6.07 Å². The van der Waals surface area contributed by atoms with Crippen molar-refractivity contribution in [3.63, 3.8) is 0 Å². The fraction of sp³-hybridized carbons (Fsp3) is 0.333. The van der Waals surface area contributed by atoms with Gasteiger partial charge >= 0.3 is 11.7 Å². The van der Waals surface area contributed by atoms with Crippen LogP contribution in [0.25, 0.3) is 10.2 Å². The summed E-state index contributed by atoms with van der Waals surface area (Å²) in [5.74, 6) is -0.633. The maximum Gasteiger partial charge on any atom is 0.333 e. The minimum atomic E-state index is -1.75. The quantitative estimate of drug-likeness (QED) is 0.646. The van der Waals surface area contributed by atoms with Crippen LogP contribution in [0.3, 0.4) is 0 Å². The fourth-order valence-corrected chi connectivity index (χ4v) is 4.50. The van der Waals surface area contributed by atoms with E-state index in [0.29, 0.717) is 27.4 Å². The molecule has 0 radical (unpaired) electrons. The lowest BCUT2D eigenvalue weighted by Crippen LogP contribution is -2.52. The monoisotopic (exact) mass is 427 g/mol. The lowest BCUT2D eigenvalue weighted by Gasteiger charge is -2.23. The predicted octanol–water partition coefficient (Wildman–Crippen LogP) is 2.48. The molecule has 2 heterocycles. The van der Waals surface area contributed by atoms with Crippen LogP contribution in [0.2, 0.25) is 0 Å². The first-order valence-corrected chi connectivity index (χ1v) is 10.0. The van der Waals surface area contributed by atoms with E-state index in [9.17, 15) is 24.8 Å². The van der Waals surface area contributed by atoms with Crippen molar-refractivity contribution < 1.29 is 14.6 Å². The predicted molar refractivity (Wildman–Crippen MR) is 113 cm³/mol. The third kappa shape index (κ3) is 3.29. The van der Waals surface area contributed by atoms with Crippen LogP contribution < -0.4 is 16.0 Å². The molecular formula is C21H21N3O5S. The number of ether oxygens (including phenoxy) is 1. The van der Waals surface area contributed by atoms with E-state index >= 15 is 0 Å². The van der Waals surface area contributed by atoms with E-state index in [4.69, 9.17) is 4.74 Å². The summed E-state index contributed by atoms with van der Waals surface area (Å²) in [4.78, 5) is 38.9. The highest BCUT2D eigenvalue weighted by atomic mass is 32.1. The van der Waals surface area contributed by atoms with Crippen LogP contribution in [0.1, 0.15) is 29.9 Å². The molecule has 1 N–H and O–H groups in total. The molecule has 0 fully saturated rings. The third-order valence-electron chi connectivity index (χ3n) is 5.19. The van der Waals surface area contributed by atoms with Gasteiger partial charge in [-0.3, -0.25) is 9.36 Å². The Morgan fingerprint density at radius 1 is 1.30 bits per heavy atom. The number of aromatic nitrogens is 2. The summed E-state index contributed by atoms with van der Waals surface area (Å²) in [6.45, 7) is 4.44. The first kappa shape index (κ1) is 21.3. The second-order valence-corrected chi connectivity index (χ2v) is 8.35. The zero-order chi connectivity index (χ0) is 22.2. The number of benzene rings is 1. The van der Waals surface area contributed by atoms with Gasteiger partial charge in [0.25, 0.3) is 5.56 Å². The molecule has 2 aromatic heterocycles. The standard InChI is InChI=1S/C21H21N3O5S/c1-12-15(11-22)30-18-16(12)17(25)24(21(2,3)19(26)27)20(28)23(18)10-9-13-7-5-6-8-14(13)29-4/h5-8H,9-10H2,1-4H3,(H,26,27). The second kappa shape index (κ2) is 7.80. The summed E-state index contributed by atoms with van der Waals surface area (Å²) in [6, 6.07) is 9.43. The van der Waals surface area contributed by atoms with Crippen molar-refractivity contribution >= 4 is 27.5 Å². The molecule has 0 amide bonds. The first-order chi connectivity index (χ1) is 14.1. The van der Waals surface area contributed by atoms with Crippen LogP contribution in [-0.2, 0) is 23.3 Å². The number of thiophene rings is 1. The second-order valence-electron chi connectivity index (χ2n) is 7.35. The Labute approximate surface area is 176 Å². The Morgan fingerprint density at radius 3 is 2.57 bits per heavy atom. The molecule has 0 atom stereocenters. The van der Waals surface area contributed by atoms with Gasteiger partial charge in [-0.15, -0.1) is 11.3 Å². The van der Waals surface area contributed by atoms with Crippen molar-refractivity contribution in [3.05, 3.63) is 61.1 Å². The van der Waals surface area contributed by atoms with Crippen molar-refractivity contribution in [1.82, 2.24) is 9.13 Å². The number of nitrogens with zero attached hydrogens (tertiary/aromatic N) is 3. The number of fused-ring (bicyclic) bond motifs is 1. The van der Waals surface area contributed by atoms with E-state index in [1.807, 2.05) is 24.3 Å². The molecule has 0 unspecified atom stereocenters. The number of para-hydroxylation sites is 1. The first-order valence-electron chi connectivity index (χ1n) is 9.20. The number of carboxylic acids is 1. The molecule has 0 aliphatic carbocycles. The molecule has 0 aliphatic heterocycles. The molecule has 30 heavy (non-hydrogen) atoms. The lowest BCUT2D eigenvalue weighted by molar-refractivity contribution is -0.146. The van der Waals surface area contributed by atoms with Crippen molar-refractivity contribution in [1.29, 1.82) is 5.26 Å². The summed E-state index contributed by atoms with van der Waals surface area (Å²) >= 11 is 1.06. The third-order valence-corrected chi connectivity index (χ3v) is 6.41. The van der Waals surface area contributed by atoms with Crippen LogP contribution in [0.4, 0.5) is 0 Å². The SMILES string of the molecule is COc1ccccc1CCn1c(=O)n(C(C)(C)C(=O)O)c(=O)c2c(C)c(C#N)sc21. The number of hydrogen-bond donors (Lipinski definition) is 1. The van der Waals surface area contributed by atoms with Crippen LogP contribution in [0.5, 0.6) is 5.75 Å². The van der Waals surface area contributed by atoms with Crippen molar-refractivity contribution in [2.45, 2.75) is 39.3 Å². The van der Waals surface area contributed by atoms with E-state index < -0.39 is 22.8 Å². The minimum Gasteiger partial charge on any atom is -0.496 e. The van der Waals surface area contributed by atoms with Crippen molar-refractivity contribution in [2.75, 3.05) is 7.11 Å². The van der Waals surface area contributed by atoms with Gasteiger partial charge in [-0.05, 0) is 44.4 Å². The largest absolute Gasteiger partial charge is 0.496 e. The van der Waals surface area contributed by atoms with Crippen LogP contribution in [0.15, 0.2) is 33.9 Å². The molecule has 3 aromatic rings. The number of hydrogen-bond acceptors (Lipinski definition) is 6. The zero-order valence-electron chi connectivity index (χ0n) is 17.1. The number of rotatable bonds is 6. The van der Waals surface area contributed by atoms with Gasteiger partial charge in [0.05, 0.1) is 12.5 Å². The van der Waals surface area contributed by atoms with Crippen molar-refractivity contribution in [2.24, 2.45) is 0 Å². The molecular weight excluding hydrogens is 406 g/mol. The highest BCUT2D eigenvalue weighted by Crippen LogP contribution is 2.28. The molecule has 0 saturated heterocycles. The number of nitriles is 1. The number of aliphatic carboxylic acids is 1. The van der Waals surface area contributed by atoms with Gasteiger partial charge in [0.1, 0.15) is 27.1 Å². The molecule has 3 rings (SSSR count). The summed E-state index contributed by atoms with van der Waals surface area (Å²) < 4.78 is 7.51. The van der Waals surface area contributed by atoms with E-state index in [0.717, 1.165) is 21.5 Å². The normalized spacial score (nSPS) is 11.4. The maximum absolute atomic E-state index is 13.3. The van der Waals surface area contributed by atoms with Crippen LogP contribution in [0, 0.1) is 18.3 Å². The highest BCUT2D eigenvalue weighted by Gasteiger charge is 2.35. The van der Waals surface area contributed by atoms with Gasteiger partial charge in [0.2, 0.25) is 0 Å². The Bertz CT molecular complexity index is 1310. The van der Waals surface area contributed by atoms with Gasteiger partial charge in [-0.2, -0.15) is 5.26 Å². The van der Waals surface area contributed by atoms with E-state index in [1.54, 1.807) is 14.0 Å². The fourth-order valence-electron chi connectivity index (χ4n) is 3.38. The minimum absolute atomic E-state index is 0.191. The summed E-state index contributed by atoms with van der Waals surface area (Å²) in [6.07, 6.45) is 0.420. The van der Waals surface area contributed by atoms with Gasteiger partial charge in [-0.25, -0.2) is 14.2 Å². The average molecular weight is 427 g/mol. The van der Waals surface area contributed by atoms with Crippen LogP contribution >= 0.6 is 11.3 Å². The number of methoxy groups -OCH3 is 1. The molecule has 156 valence electrons. The summed E-state index contributed by atoms with van der Waals surface area (Å²) in [7, 11) is 1.56. The van der Waals surface area contributed by atoms with Gasteiger partial charge < -0.3 is 9.84 Å². The lowest BCUT2D eigenvalue weighted by atomic mass is 10.1. The molecule has 1 aromatic carbocycles. The number of aryl methyl sites for hydroxylation is 3. The Hall–Kier alpha value is -3.38. The molecule has 0 bridgehead atoms. The van der Waals surface area contributed by atoms with E-state index in [-0.39, 0.29) is 11.9 Å². The topological polar surface area (TPSA) is 114 Å². The molecule has 9 heteroatoms. The number of carboxylic acid groups (broad SMARTS) is 1. The summed E-state index contributed by atoms with van der Waals surface area (Å²) in [5.41, 5.74) is -1.87.